The fourth-order valence-corrected chi connectivity index (χ4v) is 2.58. The van der Waals surface area contributed by atoms with Gasteiger partial charge in [-0.15, -0.1) is 11.8 Å². The first-order chi connectivity index (χ1) is 8.38. The monoisotopic (exact) mass is 249 g/mol. The highest BCUT2D eigenvalue weighted by Gasteiger charge is 2.04. The lowest BCUT2D eigenvalue weighted by Gasteiger charge is -2.02. The summed E-state index contributed by atoms with van der Waals surface area (Å²) in [6.45, 7) is 4.15. The Bertz CT molecular complexity index is 365. The van der Waals surface area contributed by atoms with Gasteiger partial charge >= 0.3 is 0 Å². The highest BCUT2D eigenvalue weighted by molar-refractivity contribution is 7.99. The van der Waals surface area contributed by atoms with Crippen molar-refractivity contribution in [2.45, 2.75) is 24.7 Å². The molecule has 1 fully saturated rings. The van der Waals surface area contributed by atoms with E-state index in [1.165, 1.54) is 23.5 Å². The third-order valence-corrected chi connectivity index (χ3v) is 3.65. The number of unbranched alkanes of at least 4 members (excludes halogenated alkanes) is 1. The second kappa shape index (κ2) is 6.55. The van der Waals surface area contributed by atoms with Crippen molar-refractivity contribution in [3.63, 3.8) is 0 Å². The zero-order valence-electron chi connectivity index (χ0n) is 10.2. The van der Waals surface area contributed by atoms with Crippen LogP contribution in [0.25, 0.3) is 0 Å². The summed E-state index contributed by atoms with van der Waals surface area (Å²) in [5, 5.41) is 6.39. The molecule has 0 radical (unpaired) electrons. The van der Waals surface area contributed by atoms with Gasteiger partial charge in [-0.3, -0.25) is 0 Å². The first kappa shape index (κ1) is 12.3. The smallest absolute Gasteiger partial charge is 0.196 e. The third kappa shape index (κ3) is 3.97. The number of benzene rings is 1. The Labute approximate surface area is 107 Å². The fraction of sp³-hybridized carbons (Fsp3) is 0.462. The minimum absolute atomic E-state index is 0.886. The van der Waals surface area contributed by atoms with Crippen molar-refractivity contribution in [3.8, 4) is 0 Å². The Hall–Kier alpha value is -1.16. The number of aliphatic imine (C=N–C) groups is 1. The van der Waals surface area contributed by atoms with E-state index < -0.39 is 0 Å². The van der Waals surface area contributed by atoms with Gasteiger partial charge in [-0.05, 0) is 36.4 Å². The molecule has 0 bridgehead atoms. The minimum Gasteiger partial charge on any atom is -0.354 e. The first-order valence-corrected chi connectivity index (χ1v) is 7.16. The summed E-state index contributed by atoms with van der Waals surface area (Å²) in [5.41, 5.74) is 1.00. The molecule has 1 aliphatic heterocycles. The van der Waals surface area contributed by atoms with Crippen molar-refractivity contribution in [3.05, 3.63) is 24.3 Å². The second-order valence-corrected chi connectivity index (χ2v) is 5.18. The molecule has 1 saturated heterocycles. The van der Waals surface area contributed by atoms with Crippen LogP contribution in [0, 0.1) is 0 Å². The van der Waals surface area contributed by atoms with Crippen LogP contribution in [-0.2, 0) is 0 Å². The fourth-order valence-electron chi connectivity index (χ4n) is 1.58. The number of nitrogens with zero attached hydrogens (tertiary/aromatic N) is 1. The summed E-state index contributed by atoms with van der Waals surface area (Å²) in [7, 11) is 0. The van der Waals surface area contributed by atoms with E-state index in [2.05, 4.69) is 46.8 Å². The summed E-state index contributed by atoms with van der Waals surface area (Å²) in [4.78, 5) is 5.81. The van der Waals surface area contributed by atoms with Crippen LogP contribution in [0.2, 0.25) is 0 Å². The highest BCUT2D eigenvalue weighted by atomic mass is 32.2. The Balaban J connectivity index is 1.90. The molecule has 0 amide bonds. The Morgan fingerprint density at radius 1 is 1.18 bits per heavy atom. The van der Waals surface area contributed by atoms with Gasteiger partial charge in [-0.2, -0.15) is 0 Å². The van der Waals surface area contributed by atoms with Crippen LogP contribution in [0.15, 0.2) is 34.2 Å². The van der Waals surface area contributed by atoms with E-state index in [9.17, 15) is 0 Å². The third-order valence-electron chi connectivity index (χ3n) is 2.55. The van der Waals surface area contributed by atoms with Crippen LogP contribution < -0.4 is 10.6 Å². The zero-order chi connectivity index (χ0) is 11.9. The van der Waals surface area contributed by atoms with E-state index >= 15 is 0 Å². The number of thioether (sulfide) groups is 1. The zero-order valence-corrected chi connectivity index (χ0v) is 11.0. The van der Waals surface area contributed by atoms with Crippen molar-refractivity contribution in [1.29, 1.82) is 0 Å². The quantitative estimate of drug-likeness (QED) is 0.622. The van der Waals surface area contributed by atoms with Gasteiger partial charge in [-0.1, -0.05) is 13.3 Å². The van der Waals surface area contributed by atoms with Crippen LogP contribution in [0.3, 0.4) is 0 Å². The summed E-state index contributed by atoms with van der Waals surface area (Å²) in [6, 6.07) is 8.44. The summed E-state index contributed by atoms with van der Waals surface area (Å²) < 4.78 is 0. The van der Waals surface area contributed by atoms with E-state index in [0.29, 0.717) is 0 Å². The molecule has 2 N–H and O–H groups in total. The largest absolute Gasteiger partial charge is 0.354 e. The van der Waals surface area contributed by atoms with Gasteiger partial charge in [-0.25, -0.2) is 4.99 Å². The van der Waals surface area contributed by atoms with Crippen molar-refractivity contribution in [2.24, 2.45) is 4.99 Å². The lowest BCUT2D eigenvalue weighted by molar-refractivity contribution is 0.896. The van der Waals surface area contributed by atoms with Crippen molar-refractivity contribution >= 4 is 23.4 Å². The number of hydrogen-bond donors (Lipinski definition) is 2. The number of guanidine groups is 1. The van der Waals surface area contributed by atoms with Gasteiger partial charge in [0.2, 0.25) is 0 Å². The maximum Gasteiger partial charge on any atom is 0.196 e. The highest BCUT2D eigenvalue weighted by Crippen LogP contribution is 2.22. The van der Waals surface area contributed by atoms with Crippen LogP contribution in [0.5, 0.6) is 0 Å². The Morgan fingerprint density at radius 2 is 1.88 bits per heavy atom. The van der Waals surface area contributed by atoms with Gasteiger partial charge < -0.3 is 10.6 Å². The van der Waals surface area contributed by atoms with E-state index in [1.807, 2.05) is 11.8 Å². The van der Waals surface area contributed by atoms with Crippen molar-refractivity contribution in [2.75, 3.05) is 18.8 Å². The molecule has 92 valence electrons. The van der Waals surface area contributed by atoms with E-state index in [1.54, 1.807) is 0 Å². The number of hydrogen-bond acceptors (Lipinski definition) is 2. The molecule has 0 unspecified atom stereocenters. The first-order valence-electron chi connectivity index (χ1n) is 6.18. The van der Waals surface area contributed by atoms with Crippen LogP contribution >= 0.6 is 11.8 Å². The average Bonchev–Trinajstić information content (AvgIpc) is 2.85. The summed E-state index contributed by atoms with van der Waals surface area (Å²) in [5.74, 6) is 2.09. The molecule has 0 aromatic heterocycles. The van der Waals surface area contributed by atoms with Crippen LogP contribution in [0.1, 0.15) is 19.8 Å². The van der Waals surface area contributed by atoms with Crippen LogP contribution in [0.4, 0.5) is 5.69 Å². The van der Waals surface area contributed by atoms with Crippen molar-refractivity contribution < 1.29 is 0 Å². The lowest BCUT2D eigenvalue weighted by atomic mass is 10.3. The maximum atomic E-state index is 4.48. The number of rotatable bonds is 5. The molecule has 1 aliphatic rings. The van der Waals surface area contributed by atoms with Gasteiger partial charge in [0.15, 0.2) is 5.96 Å². The topological polar surface area (TPSA) is 36.4 Å². The molecule has 0 spiro atoms. The lowest BCUT2D eigenvalue weighted by Crippen LogP contribution is -2.23. The predicted molar refractivity (Wildman–Crippen MR) is 75.2 cm³/mol. The normalized spacial score (nSPS) is 14.3. The predicted octanol–water partition coefficient (Wildman–Crippen LogP) is 2.76. The molecule has 0 atom stereocenters. The van der Waals surface area contributed by atoms with Gasteiger partial charge in [0.1, 0.15) is 0 Å². The van der Waals surface area contributed by atoms with E-state index in [-0.39, 0.29) is 0 Å². The van der Waals surface area contributed by atoms with E-state index in [4.69, 9.17) is 0 Å². The number of nitrogens with one attached hydrogen (secondary N) is 2. The van der Waals surface area contributed by atoms with Gasteiger partial charge in [0, 0.05) is 18.0 Å². The van der Waals surface area contributed by atoms with Gasteiger partial charge in [0.05, 0.1) is 5.69 Å². The molecule has 3 nitrogen and oxygen atoms in total. The molecule has 0 aliphatic carbocycles. The molecular weight excluding hydrogens is 230 g/mol. The Kier molecular flexibility index (Phi) is 4.74. The van der Waals surface area contributed by atoms with Gasteiger partial charge in [0.25, 0.3) is 0 Å². The SMILES string of the molecule is CCCCSc1ccc(N=C2NCCN2)cc1. The molecule has 0 saturated carbocycles. The Morgan fingerprint density at radius 3 is 2.53 bits per heavy atom. The molecule has 1 aromatic rings. The minimum atomic E-state index is 0.886. The summed E-state index contributed by atoms with van der Waals surface area (Å²) in [6.07, 6.45) is 2.54. The molecule has 1 heterocycles. The molecule has 2 rings (SSSR count). The molecule has 17 heavy (non-hydrogen) atoms. The second-order valence-electron chi connectivity index (χ2n) is 4.01. The molecular formula is C13H19N3S. The standard InChI is InChI=1S/C13H19N3S/c1-2-3-10-17-12-6-4-11(5-7-12)16-13-14-8-9-15-13/h4-7H,2-3,8-10H2,1H3,(H2,14,15,16). The van der Waals surface area contributed by atoms with Crippen LogP contribution in [-0.4, -0.2) is 24.8 Å². The summed E-state index contributed by atoms with van der Waals surface area (Å²) >= 11 is 1.92. The molecule has 1 aromatic carbocycles. The maximum absolute atomic E-state index is 4.48. The average molecular weight is 249 g/mol. The van der Waals surface area contributed by atoms with E-state index in [0.717, 1.165) is 24.7 Å². The van der Waals surface area contributed by atoms with Crippen molar-refractivity contribution in [1.82, 2.24) is 10.6 Å². The molecule has 4 heteroatoms.